The molecule has 7 rings (SSSR count). The molecule has 0 amide bonds. The summed E-state index contributed by atoms with van der Waals surface area (Å²) in [7, 11) is 0. The van der Waals surface area contributed by atoms with Gasteiger partial charge in [-0.1, -0.05) is 50.0 Å². The fourth-order valence-electron chi connectivity index (χ4n) is 6.27. The molecule has 2 aliphatic rings. The first-order valence-corrected chi connectivity index (χ1v) is 17.7. The number of rotatable bonds is 11. The van der Waals surface area contributed by atoms with Crippen LogP contribution in [-0.2, 0) is 28.4 Å². The van der Waals surface area contributed by atoms with E-state index in [0.717, 1.165) is 49.0 Å². The first kappa shape index (κ1) is 35.1. The molecule has 2 fully saturated rings. The van der Waals surface area contributed by atoms with E-state index in [1.807, 2.05) is 30.3 Å². The minimum absolute atomic E-state index is 0.0135. The third-order valence-electron chi connectivity index (χ3n) is 9.06. The molecule has 2 unspecified atom stereocenters. The van der Waals surface area contributed by atoms with Gasteiger partial charge in [0.15, 0.2) is 0 Å². The van der Waals surface area contributed by atoms with Crippen LogP contribution in [0.1, 0.15) is 26.3 Å². The molecule has 2 aliphatic heterocycles. The van der Waals surface area contributed by atoms with Crippen LogP contribution < -0.4 is 20.2 Å². The highest BCUT2D eigenvalue weighted by atomic mass is 35.5. The van der Waals surface area contributed by atoms with Crippen molar-refractivity contribution in [1.82, 2.24) is 29.1 Å². The van der Waals surface area contributed by atoms with Crippen LogP contribution in [0.15, 0.2) is 90.5 Å². The molecule has 0 bridgehead atoms. The smallest absolute Gasteiger partial charge is 0.350 e. The fraction of sp³-hybridized carbons (Fsp3) is 0.378. The zero-order chi connectivity index (χ0) is 35.6. The summed E-state index contributed by atoms with van der Waals surface area (Å²) in [6.45, 7) is 11.2. The minimum Gasteiger partial charge on any atom is -0.491 e. The van der Waals surface area contributed by atoms with Crippen LogP contribution in [0.2, 0.25) is 10.0 Å². The Kier molecular flexibility index (Phi) is 10.1. The summed E-state index contributed by atoms with van der Waals surface area (Å²) in [5, 5.41) is 9.51. The van der Waals surface area contributed by atoms with E-state index in [4.69, 9.17) is 37.4 Å². The van der Waals surface area contributed by atoms with Gasteiger partial charge in [-0.15, -0.1) is 0 Å². The van der Waals surface area contributed by atoms with E-state index in [2.05, 4.69) is 76.4 Å². The number of piperazine rings is 1. The van der Waals surface area contributed by atoms with Crippen LogP contribution in [0.5, 0.6) is 5.75 Å². The second kappa shape index (κ2) is 14.7. The Morgan fingerprint density at radius 1 is 0.902 bits per heavy atom. The van der Waals surface area contributed by atoms with Gasteiger partial charge in [0, 0.05) is 48.1 Å². The minimum atomic E-state index is -1.16. The number of hydrogen-bond acceptors (Lipinski definition) is 9. The van der Waals surface area contributed by atoms with Crippen molar-refractivity contribution in [2.75, 3.05) is 49.2 Å². The van der Waals surface area contributed by atoms with Crippen LogP contribution in [0, 0.1) is 11.8 Å². The molecular formula is C37H41Cl2N8O4. The normalized spacial score (nSPS) is 19.5. The summed E-state index contributed by atoms with van der Waals surface area (Å²) in [6, 6.07) is 21.5. The fourth-order valence-corrected chi connectivity index (χ4v) is 6.82. The number of ether oxygens (including phenoxy) is 3. The lowest BCUT2D eigenvalue weighted by atomic mass is 9.92. The van der Waals surface area contributed by atoms with Crippen molar-refractivity contribution in [3.63, 3.8) is 0 Å². The van der Waals surface area contributed by atoms with E-state index in [0.29, 0.717) is 35.4 Å². The number of anilines is 2. The molecule has 3 aromatic carbocycles. The summed E-state index contributed by atoms with van der Waals surface area (Å²) in [6.07, 6.45) is 6.42. The molecule has 51 heavy (non-hydrogen) atoms. The second-order valence-electron chi connectivity index (χ2n) is 13.9. The third-order valence-corrected chi connectivity index (χ3v) is 9.61. The summed E-state index contributed by atoms with van der Waals surface area (Å²) in [5.41, 5.74) is 3.61. The van der Waals surface area contributed by atoms with Crippen LogP contribution in [-0.4, -0.2) is 74.6 Å². The number of halogens is 2. The van der Waals surface area contributed by atoms with Gasteiger partial charge >= 0.3 is 5.69 Å². The van der Waals surface area contributed by atoms with Gasteiger partial charge < -0.3 is 24.0 Å². The number of nitrogens with zero attached hydrogens (tertiary/aromatic N) is 8. The molecular weight excluding hydrogens is 691 g/mol. The molecule has 2 atom stereocenters. The summed E-state index contributed by atoms with van der Waals surface area (Å²) in [4.78, 5) is 21.7. The Bertz CT molecular complexity index is 1970. The van der Waals surface area contributed by atoms with Crippen molar-refractivity contribution in [3.8, 4) is 11.4 Å². The van der Waals surface area contributed by atoms with Crippen LogP contribution in [0.3, 0.4) is 0 Å². The zero-order valence-electron chi connectivity index (χ0n) is 28.9. The van der Waals surface area contributed by atoms with E-state index < -0.39 is 5.79 Å². The van der Waals surface area contributed by atoms with Crippen molar-refractivity contribution < 1.29 is 14.2 Å². The average molecular weight is 733 g/mol. The Balaban J connectivity index is 0.912. The van der Waals surface area contributed by atoms with Crippen LogP contribution in [0.25, 0.3) is 5.69 Å². The average Bonchev–Trinajstić information content (AvgIpc) is 3.88. The zero-order valence-corrected chi connectivity index (χ0v) is 30.4. The largest absolute Gasteiger partial charge is 0.491 e. The third kappa shape index (κ3) is 8.09. The van der Waals surface area contributed by atoms with Crippen molar-refractivity contribution in [3.05, 3.63) is 118 Å². The van der Waals surface area contributed by atoms with Gasteiger partial charge in [-0.2, -0.15) is 10.2 Å². The van der Waals surface area contributed by atoms with Gasteiger partial charge in [-0.25, -0.2) is 23.7 Å². The van der Waals surface area contributed by atoms with E-state index in [1.165, 1.54) is 11.0 Å². The van der Waals surface area contributed by atoms with E-state index >= 15 is 0 Å². The Morgan fingerprint density at radius 2 is 1.57 bits per heavy atom. The molecule has 2 aromatic heterocycles. The Morgan fingerprint density at radius 3 is 2.20 bits per heavy atom. The monoisotopic (exact) mass is 731 g/mol. The lowest BCUT2D eigenvalue weighted by molar-refractivity contribution is -0.190. The van der Waals surface area contributed by atoms with Gasteiger partial charge in [0.2, 0.25) is 5.79 Å². The summed E-state index contributed by atoms with van der Waals surface area (Å²) in [5.74, 6) is -0.414. The van der Waals surface area contributed by atoms with Gasteiger partial charge in [0.25, 0.3) is 0 Å². The lowest BCUT2D eigenvalue weighted by Gasteiger charge is -2.37. The maximum absolute atomic E-state index is 12.9. The van der Waals surface area contributed by atoms with Crippen molar-refractivity contribution in [2.24, 2.45) is 5.41 Å². The van der Waals surface area contributed by atoms with E-state index in [1.54, 1.807) is 34.0 Å². The molecule has 267 valence electrons. The summed E-state index contributed by atoms with van der Waals surface area (Å²) < 4.78 is 23.6. The highest BCUT2D eigenvalue weighted by Crippen LogP contribution is 2.40. The summed E-state index contributed by atoms with van der Waals surface area (Å²) >= 11 is 12.7. The predicted molar refractivity (Wildman–Crippen MR) is 197 cm³/mol. The first-order chi connectivity index (χ1) is 24.5. The van der Waals surface area contributed by atoms with Crippen molar-refractivity contribution >= 4 is 34.6 Å². The molecule has 14 heteroatoms. The maximum Gasteiger partial charge on any atom is 0.350 e. The topological polar surface area (TPSA) is 105 Å². The molecule has 0 N–H and O–H groups in total. The van der Waals surface area contributed by atoms with Gasteiger partial charge in [0.05, 0.1) is 23.9 Å². The molecule has 4 heterocycles. The van der Waals surface area contributed by atoms with E-state index in [9.17, 15) is 4.79 Å². The molecule has 12 nitrogen and oxygen atoms in total. The number of hydrogen-bond donors (Lipinski definition) is 0. The Hall–Kier alpha value is -4.36. The SMILES string of the molecule is CC(C)(C)[CH]Cn1ncn(-c2ccc(N3CCN(c4ccc(OCC5COC(Cn6cncn6)(c6ccc(Cl)cc6Cl)O5)cc4)CC3)cc2)c1=O. The van der Waals surface area contributed by atoms with Crippen molar-refractivity contribution in [2.45, 2.75) is 45.8 Å². The molecule has 0 aliphatic carbocycles. The lowest BCUT2D eigenvalue weighted by Crippen LogP contribution is -2.46. The molecule has 0 saturated carbocycles. The quantitative estimate of drug-likeness (QED) is 0.165. The van der Waals surface area contributed by atoms with Gasteiger partial charge in [-0.05, 0) is 72.5 Å². The Labute approximate surface area is 307 Å². The number of aromatic nitrogens is 6. The van der Waals surface area contributed by atoms with Crippen molar-refractivity contribution in [1.29, 1.82) is 0 Å². The molecule has 0 spiro atoms. The molecule has 2 saturated heterocycles. The van der Waals surface area contributed by atoms with Crippen LogP contribution >= 0.6 is 23.2 Å². The second-order valence-corrected chi connectivity index (χ2v) is 14.7. The molecule has 5 aromatic rings. The van der Waals surface area contributed by atoms with Gasteiger partial charge in [0.1, 0.15) is 44.0 Å². The van der Waals surface area contributed by atoms with E-state index in [-0.39, 0.29) is 23.8 Å². The van der Waals surface area contributed by atoms with Crippen LogP contribution in [0.4, 0.5) is 11.4 Å². The standard InChI is InChI=1S/C37H41Cl2N8O4/c1-36(2,3)14-15-47-35(48)46(26-42-47)30-7-5-28(6-8-30)43-16-18-44(19-17-43)29-9-11-31(12-10-29)49-21-32-22-50-37(51-32,23-45-25-40-24-41-45)33-13-4-27(38)20-34(33)39/h4-14,20,24-26,32H,15-19,21-23H2,1-3H3. The van der Waals surface area contributed by atoms with Gasteiger partial charge in [-0.3, -0.25) is 0 Å². The molecule has 1 radical (unpaired) electrons. The first-order valence-electron chi connectivity index (χ1n) is 17.0. The number of benzene rings is 3. The predicted octanol–water partition coefficient (Wildman–Crippen LogP) is 5.86. The highest BCUT2D eigenvalue weighted by Gasteiger charge is 2.45. The maximum atomic E-state index is 12.9. The highest BCUT2D eigenvalue weighted by molar-refractivity contribution is 6.35.